The molecule has 8 heteroatoms. The fraction of sp³-hybridized carbons (Fsp3) is 0.667. The quantitative estimate of drug-likeness (QED) is 0.579. The van der Waals surface area contributed by atoms with Gasteiger partial charge in [-0.05, 0) is 0 Å². The van der Waals surface area contributed by atoms with Crippen LogP contribution in [0.5, 0.6) is 0 Å². The molecule has 1 heterocycles. The van der Waals surface area contributed by atoms with Gasteiger partial charge in [0, 0.05) is 39.5 Å². The number of carboxylic acid groups (broad SMARTS) is 1. The Balaban J connectivity index is 2.50. The van der Waals surface area contributed by atoms with Crippen molar-refractivity contribution >= 4 is 23.7 Å². The molecule has 0 aromatic carbocycles. The Morgan fingerprint density at radius 3 is 2.40 bits per heavy atom. The molecule has 0 aliphatic carbocycles. The Morgan fingerprint density at radius 2 is 1.90 bits per heavy atom. The molecule has 20 heavy (non-hydrogen) atoms. The van der Waals surface area contributed by atoms with Gasteiger partial charge in [0.05, 0.1) is 6.61 Å². The summed E-state index contributed by atoms with van der Waals surface area (Å²) in [6.07, 6.45) is 0.277. The summed E-state index contributed by atoms with van der Waals surface area (Å²) in [5.74, 6) is -2.12. The van der Waals surface area contributed by atoms with Crippen molar-refractivity contribution in [1.82, 2.24) is 9.80 Å². The summed E-state index contributed by atoms with van der Waals surface area (Å²) in [6.45, 7) is -0.0478. The van der Waals surface area contributed by atoms with Gasteiger partial charge in [-0.15, -0.1) is 0 Å². The molecule has 0 unspecified atom stereocenters. The molecule has 1 rings (SSSR count). The lowest BCUT2D eigenvalue weighted by Crippen LogP contribution is -2.40. The summed E-state index contributed by atoms with van der Waals surface area (Å²) in [5.41, 5.74) is 0. The first-order valence-electron chi connectivity index (χ1n) is 6.27. The molecule has 8 nitrogen and oxygen atoms in total. The maximum Gasteiger partial charge on any atom is 0.323 e. The summed E-state index contributed by atoms with van der Waals surface area (Å²) >= 11 is 0. The summed E-state index contributed by atoms with van der Waals surface area (Å²) in [5, 5.41) is 8.74. The SMILES string of the molecule is COCCN(CC(=O)O)C(=O)CCN1C(=O)CCC1=O. The second-order valence-corrected chi connectivity index (χ2v) is 4.39. The minimum atomic E-state index is -1.12. The standard InChI is InChI=1S/C12H18N2O6/c1-20-7-6-13(8-12(18)19)9(15)4-5-14-10(16)2-3-11(14)17/h2-8H2,1H3,(H,18,19). The van der Waals surface area contributed by atoms with Crippen LogP contribution >= 0.6 is 0 Å². The van der Waals surface area contributed by atoms with Gasteiger partial charge >= 0.3 is 5.97 Å². The predicted octanol–water partition coefficient (Wildman–Crippen LogP) is -0.915. The van der Waals surface area contributed by atoms with Gasteiger partial charge in [-0.2, -0.15) is 0 Å². The average molecular weight is 286 g/mol. The Labute approximate surface area is 116 Å². The molecule has 0 radical (unpaired) electrons. The second kappa shape index (κ2) is 7.59. The summed E-state index contributed by atoms with van der Waals surface area (Å²) < 4.78 is 4.81. The number of ether oxygens (including phenoxy) is 1. The van der Waals surface area contributed by atoms with Crippen LogP contribution in [0.3, 0.4) is 0 Å². The molecular formula is C12H18N2O6. The first-order valence-corrected chi connectivity index (χ1v) is 6.27. The van der Waals surface area contributed by atoms with Gasteiger partial charge in [0.25, 0.3) is 0 Å². The number of carboxylic acids is 1. The van der Waals surface area contributed by atoms with Gasteiger partial charge in [-0.3, -0.25) is 24.1 Å². The van der Waals surface area contributed by atoms with E-state index in [-0.39, 0.29) is 50.8 Å². The minimum absolute atomic E-state index is 0.000396. The molecule has 0 saturated carbocycles. The maximum absolute atomic E-state index is 11.9. The number of hydrogen-bond donors (Lipinski definition) is 1. The monoisotopic (exact) mass is 286 g/mol. The molecule has 1 aliphatic heterocycles. The second-order valence-electron chi connectivity index (χ2n) is 4.39. The molecule has 0 bridgehead atoms. The molecule has 1 N–H and O–H groups in total. The molecule has 1 fully saturated rings. The fourth-order valence-corrected chi connectivity index (χ4v) is 1.89. The molecule has 0 spiro atoms. The van der Waals surface area contributed by atoms with E-state index < -0.39 is 18.4 Å². The van der Waals surface area contributed by atoms with E-state index in [1.165, 1.54) is 7.11 Å². The molecule has 0 atom stereocenters. The Hall–Kier alpha value is -1.96. The van der Waals surface area contributed by atoms with Crippen molar-refractivity contribution in [3.8, 4) is 0 Å². The van der Waals surface area contributed by atoms with Crippen LogP contribution < -0.4 is 0 Å². The summed E-state index contributed by atoms with van der Waals surface area (Å²) in [6, 6.07) is 0. The van der Waals surface area contributed by atoms with Crippen LogP contribution in [0.15, 0.2) is 0 Å². The number of methoxy groups -OCH3 is 1. The van der Waals surface area contributed by atoms with E-state index in [0.717, 1.165) is 9.80 Å². The number of aliphatic carboxylic acids is 1. The topological polar surface area (TPSA) is 104 Å². The highest BCUT2D eigenvalue weighted by Gasteiger charge is 2.29. The molecule has 0 aromatic heterocycles. The zero-order valence-corrected chi connectivity index (χ0v) is 11.3. The average Bonchev–Trinajstić information content (AvgIpc) is 2.71. The zero-order chi connectivity index (χ0) is 15.1. The molecule has 1 aliphatic rings. The summed E-state index contributed by atoms with van der Waals surface area (Å²) in [7, 11) is 1.45. The third kappa shape index (κ3) is 4.61. The van der Waals surface area contributed by atoms with Crippen molar-refractivity contribution in [3.05, 3.63) is 0 Å². The number of carbonyl (C=O) groups excluding carboxylic acids is 3. The van der Waals surface area contributed by atoms with E-state index in [1.807, 2.05) is 0 Å². The van der Waals surface area contributed by atoms with Crippen LogP contribution in [0.2, 0.25) is 0 Å². The van der Waals surface area contributed by atoms with E-state index in [1.54, 1.807) is 0 Å². The lowest BCUT2D eigenvalue weighted by atomic mass is 10.3. The van der Waals surface area contributed by atoms with Gasteiger partial charge in [-0.1, -0.05) is 0 Å². The third-order valence-electron chi connectivity index (χ3n) is 2.95. The number of nitrogens with zero attached hydrogens (tertiary/aromatic N) is 2. The predicted molar refractivity (Wildman–Crippen MR) is 66.7 cm³/mol. The largest absolute Gasteiger partial charge is 0.480 e. The first-order chi connectivity index (χ1) is 9.45. The van der Waals surface area contributed by atoms with Gasteiger partial charge < -0.3 is 14.7 Å². The molecular weight excluding hydrogens is 268 g/mol. The van der Waals surface area contributed by atoms with E-state index >= 15 is 0 Å². The maximum atomic E-state index is 11.9. The summed E-state index contributed by atoms with van der Waals surface area (Å²) in [4.78, 5) is 47.6. The number of hydrogen-bond acceptors (Lipinski definition) is 5. The van der Waals surface area contributed by atoms with E-state index in [4.69, 9.17) is 9.84 Å². The van der Waals surface area contributed by atoms with E-state index in [9.17, 15) is 19.2 Å². The minimum Gasteiger partial charge on any atom is -0.480 e. The van der Waals surface area contributed by atoms with Gasteiger partial charge in [0.15, 0.2) is 0 Å². The molecule has 112 valence electrons. The highest BCUT2D eigenvalue weighted by Crippen LogP contribution is 2.12. The fourth-order valence-electron chi connectivity index (χ4n) is 1.89. The smallest absolute Gasteiger partial charge is 0.323 e. The number of imide groups is 1. The van der Waals surface area contributed by atoms with Crippen LogP contribution in [-0.4, -0.2) is 71.9 Å². The molecule has 3 amide bonds. The molecule has 0 aromatic rings. The van der Waals surface area contributed by atoms with Crippen molar-refractivity contribution < 1.29 is 29.0 Å². The van der Waals surface area contributed by atoms with Crippen molar-refractivity contribution in [2.45, 2.75) is 19.3 Å². The Bertz CT molecular complexity index is 393. The lowest BCUT2D eigenvalue weighted by molar-refractivity contribution is -0.146. The number of amides is 3. The number of carbonyl (C=O) groups is 4. The van der Waals surface area contributed by atoms with Crippen molar-refractivity contribution in [2.24, 2.45) is 0 Å². The van der Waals surface area contributed by atoms with Crippen LogP contribution in [-0.2, 0) is 23.9 Å². The van der Waals surface area contributed by atoms with Gasteiger partial charge in [-0.25, -0.2) is 0 Å². The molecule has 1 saturated heterocycles. The zero-order valence-electron chi connectivity index (χ0n) is 11.3. The Kier molecular flexibility index (Phi) is 6.10. The van der Waals surface area contributed by atoms with Crippen molar-refractivity contribution in [1.29, 1.82) is 0 Å². The van der Waals surface area contributed by atoms with Crippen molar-refractivity contribution in [2.75, 3.05) is 33.4 Å². The highest BCUT2D eigenvalue weighted by atomic mass is 16.5. The Morgan fingerprint density at radius 1 is 1.30 bits per heavy atom. The highest BCUT2D eigenvalue weighted by molar-refractivity contribution is 6.02. The normalized spacial score (nSPS) is 14.8. The number of likely N-dealkylation sites (tertiary alicyclic amines) is 1. The first kappa shape index (κ1) is 16.1. The van der Waals surface area contributed by atoms with E-state index in [0.29, 0.717) is 0 Å². The lowest BCUT2D eigenvalue weighted by Gasteiger charge is -2.21. The van der Waals surface area contributed by atoms with Crippen molar-refractivity contribution in [3.63, 3.8) is 0 Å². The van der Waals surface area contributed by atoms with Gasteiger partial charge in [0.1, 0.15) is 6.54 Å². The van der Waals surface area contributed by atoms with Crippen LogP contribution in [0.1, 0.15) is 19.3 Å². The van der Waals surface area contributed by atoms with Crippen LogP contribution in [0.4, 0.5) is 0 Å². The van der Waals surface area contributed by atoms with Crippen LogP contribution in [0.25, 0.3) is 0 Å². The van der Waals surface area contributed by atoms with Gasteiger partial charge in [0.2, 0.25) is 17.7 Å². The van der Waals surface area contributed by atoms with Crippen LogP contribution in [0, 0.1) is 0 Å². The number of rotatable bonds is 8. The van der Waals surface area contributed by atoms with E-state index in [2.05, 4.69) is 0 Å². The third-order valence-corrected chi connectivity index (χ3v) is 2.95.